The van der Waals surface area contributed by atoms with Gasteiger partial charge in [0.05, 0.1) is 18.6 Å². The van der Waals surface area contributed by atoms with Crippen molar-refractivity contribution < 1.29 is 27.1 Å². The summed E-state index contributed by atoms with van der Waals surface area (Å²) < 4.78 is 46.2. The number of para-hydroxylation sites is 2. The number of rotatable bonds is 11. The fraction of sp³-hybridized carbons (Fsp3) is 0.417. The monoisotopic (exact) mass is 493 g/mol. The van der Waals surface area contributed by atoms with Crippen LogP contribution < -0.4 is 14.4 Å². The van der Waals surface area contributed by atoms with Gasteiger partial charge >= 0.3 is 0 Å². The molecule has 0 aromatic heterocycles. The summed E-state index contributed by atoms with van der Waals surface area (Å²) in [6.07, 6.45) is 0.985. The molecular weight excluding hydrogens is 461 g/mol. The maximum atomic E-state index is 14.4. The number of ether oxygens (including phenoxy) is 1. The number of anilines is 1. The number of sulfonamides is 1. The Morgan fingerprint density at radius 3 is 2.26 bits per heavy atom. The van der Waals surface area contributed by atoms with E-state index in [4.69, 9.17) is 4.74 Å². The van der Waals surface area contributed by atoms with Gasteiger partial charge in [0.2, 0.25) is 21.8 Å². The zero-order valence-electron chi connectivity index (χ0n) is 20.1. The average Bonchev–Trinajstić information content (AvgIpc) is 2.76. The summed E-state index contributed by atoms with van der Waals surface area (Å²) in [5.41, 5.74) is 0.408. The third-order valence-corrected chi connectivity index (χ3v) is 6.14. The highest BCUT2D eigenvalue weighted by molar-refractivity contribution is 7.92. The molecule has 34 heavy (non-hydrogen) atoms. The van der Waals surface area contributed by atoms with Crippen LogP contribution >= 0.6 is 0 Å². The van der Waals surface area contributed by atoms with Crippen LogP contribution in [0.25, 0.3) is 0 Å². The second-order valence-electron chi connectivity index (χ2n) is 8.12. The van der Waals surface area contributed by atoms with E-state index >= 15 is 0 Å². The van der Waals surface area contributed by atoms with Crippen LogP contribution in [0.4, 0.5) is 10.1 Å². The predicted molar refractivity (Wildman–Crippen MR) is 129 cm³/mol. The van der Waals surface area contributed by atoms with E-state index in [0.29, 0.717) is 12.4 Å². The van der Waals surface area contributed by atoms with Crippen molar-refractivity contribution in [1.82, 2.24) is 10.2 Å². The van der Waals surface area contributed by atoms with Gasteiger partial charge in [-0.2, -0.15) is 0 Å². The molecule has 0 aliphatic heterocycles. The normalized spacial score (nSPS) is 12.2. The van der Waals surface area contributed by atoms with Crippen LogP contribution in [0.2, 0.25) is 0 Å². The molecule has 1 atom stereocenters. The lowest BCUT2D eigenvalue weighted by Gasteiger charge is -2.32. The Balaban J connectivity index is 2.45. The quantitative estimate of drug-likeness (QED) is 0.519. The van der Waals surface area contributed by atoms with Crippen molar-refractivity contribution in [3.05, 3.63) is 59.9 Å². The van der Waals surface area contributed by atoms with Crippen molar-refractivity contribution >= 4 is 27.5 Å². The van der Waals surface area contributed by atoms with Gasteiger partial charge in [0, 0.05) is 18.2 Å². The second-order valence-corrected chi connectivity index (χ2v) is 10.0. The Kier molecular flexibility index (Phi) is 9.43. The van der Waals surface area contributed by atoms with Crippen molar-refractivity contribution in [3.63, 3.8) is 0 Å². The van der Waals surface area contributed by atoms with Crippen molar-refractivity contribution in [2.75, 3.05) is 23.7 Å². The Bertz CT molecular complexity index is 1110. The third-order valence-electron chi connectivity index (χ3n) is 5.01. The van der Waals surface area contributed by atoms with Crippen LogP contribution in [0, 0.1) is 5.82 Å². The van der Waals surface area contributed by atoms with E-state index in [1.165, 1.54) is 36.1 Å². The van der Waals surface area contributed by atoms with Crippen LogP contribution in [-0.4, -0.2) is 56.6 Å². The molecule has 10 heteroatoms. The summed E-state index contributed by atoms with van der Waals surface area (Å²) in [4.78, 5) is 27.4. The van der Waals surface area contributed by atoms with Crippen molar-refractivity contribution in [3.8, 4) is 5.75 Å². The van der Waals surface area contributed by atoms with Crippen LogP contribution in [-0.2, 0) is 26.2 Å². The van der Waals surface area contributed by atoms with E-state index < -0.39 is 40.2 Å². The van der Waals surface area contributed by atoms with E-state index in [0.717, 1.165) is 10.6 Å². The lowest BCUT2D eigenvalue weighted by Crippen LogP contribution is -2.52. The Morgan fingerprint density at radius 1 is 1.06 bits per heavy atom. The molecule has 0 aliphatic carbocycles. The Morgan fingerprint density at radius 2 is 1.68 bits per heavy atom. The van der Waals surface area contributed by atoms with Crippen molar-refractivity contribution in [2.24, 2.45) is 0 Å². The molecule has 2 aromatic carbocycles. The van der Waals surface area contributed by atoms with E-state index in [9.17, 15) is 22.4 Å². The van der Waals surface area contributed by atoms with Crippen molar-refractivity contribution in [1.29, 1.82) is 0 Å². The lowest BCUT2D eigenvalue weighted by atomic mass is 10.1. The molecule has 2 rings (SSSR count). The molecule has 0 saturated heterocycles. The first-order valence-corrected chi connectivity index (χ1v) is 12.8. The van der Waals surface area contributed by atoms with Gasteiger partial charge < -0.3 is 15.0 Å². The highest BCUT2D eigenvalue weighted by atomic mass is 32.2. The third kappa shape index (κ3) is 7.18. The number of carbonyl (C=O) groups excluding carboxylic acids is 2. The summed E-state index contributed by atoms with van der Waals surface area (Å²) in [6, 6.07) is 11.3. The standard InChI is InChI=1S/C24H32FN3O5S/c1-6-33-22-14-10-9-13-21(22)28(34(5,31)32)16-23(29)27(18(4)24(30)26-17(2)3)15-19-11-7-8-12-20(19)25/h7-14,17-18H,6,15-16H2,1-5H3,(H,26,30)/t18-/m0/s1. The minimum absolute atomic E-state index is 0.175. The molecule has 0 heterocycles. The molecule has 0 bridgehead atoms. The number of benzene rings is 2. The maximum absolute atomic E-state index is 14.4. The topological polar surface area (TPSA) is 96.0 Å². The molecule has 0 aliphatic rings. The largest absolute Gasteiger partial charge is 0.492 e. The van der Waals surface area contributed by atoms with Crippen LogP contribution in [0.1, 0.15) is 33.3 Å². The molecule has 0 fully saturated rings. The van der Waals surface area contributed by atoms with Crippen LogP contribution in [0.15, 0.2) is 48.5 Å². The minimum atomic E-state index is -3.90. The summed E-state index contributed by atoms with van der Waals surface area (Å²) in [6.45, 7) is 6.36. The molecule has 0 spiro atoms. The maximum Gasteiger partial charge on any atom is 0.244 e. The molecule has 186 valence electrons. The van der Waals surface area contributed by atoms with E-state index in [1.54, 1.807) is 45.0 Å². The zero-order valence-corrected chi connectivity index (χ0v) is 20.9. The van der Waals surface area contributed by atoms with Gasteiger partial charge in [-0.15, -0.1) is 0 Å². The lowest BCUT2D eigenvalue weighted by molar-refractivity contribution is -0.139. The number of hydrogen-bond donors (Lipinski definition) is 1. The Hall–Kier alpha value is -3.14. The molecule has 1 N–H and O–H groups in total. The van der Waals surface area contributed by atoms with Gasteiger partial charge in [-0.3, -0.25) is 13.9 Å². The van der Waals surface area contributed by atoms with Gasteiger partial charge in [0.25, 0.3) is 0 Å². The fourth-order valence-electron chi connectivity index (χ4n) is 3.33. The zero-order chi connectivity index (χ0) is 25.5. The number of nitrogens with zero attached hydrogens (tertiary/aromatic N) is 2. The summed E-state index contributed by atoms with van der Waals surface area (Å²) in [7, 11) is -3.90. The second kappa shape index (κ2) is 11.8. The molecule has 0 radical (unpaired) electrons. The first kappa shape index (κ1) is 27.1. The first-order valence-electron chi connectivity index (χ1n) is 11.0. The highest BCUT2D eigenvalue weighted by Gasteiger charge is 2.31. The molecule has 2 amide bonds. The summed E-state index contributed by atoms with van der Waals surface area (Å²) >= 11 is 0. The fourth-order valence-corrected chi connectivity index (χ4v) is 4.19. The predicted octanol–water partition coefficient (Wildman–Crippen LogP) is 2.93. The van der Waals surface area contributed by atoms with Gasteiger partial charge in [0.1, 0.15) is 24.2 Å². The number of nitrogens with one attached hydrogen (secondary N) is 1. The summed E-state index contributed by atoms with van der Waals surface area (Å²) in [5, 5.41) is 2.74. The van der Waals surface area contributed by atoms with Crippen molar-refractivity contribution in [2.45, 2.75) is 46.3 Å². The molecular formula is C24H32FN3O5S. The van der Waals surface area contributed by atoms with Crippen LogP contribution in [0.3, 0.4) is 0 Å². The Labute approximate surface area is 200 Å². The van der Waals surface area contributed by atoms with Gasteiger partial charge in [-0.1, -0.05) is 30.3 Å². The summed E-state index contributed by atoms with van der Waals surface area (Å²) in [5.74, 6) is -1.32. The number of halogens is 1. The SMILES string of the molecule is CCOc1ccccc1N(CC(=O)N(Cc1ccccc1F)[C@@H](C)C(=O)NC(C)C)S(C)(=O)=O. The first-order chi connectivity index (χ1) is 16.0. The van der Waals surface area contributed by atoms with Crippen LogP contribution in [0.5, 0.6) is 5.75 Å². The van der Waals surface area contributed by atoms with E-state index in [-0.39, 0.29) is 23.8 Å². The van der Waals surface area contributed by atoms with Gasteiger partial charge in [-0.25, -0.2) is 12.8 Å². The highest BCUT2D eigenvalue weighted by Crippen LogP contribution is 2.30. The average molecular weight is 494 g/mol. The molecule has 2 aromatic rings. The molecule has 0 saturated carbocycles. The smallest absolute Gasteiger partial charge is 0.244 e. The molecule has 0 unspecified atom stereocenters. The van der Waals surface area contributed by atoms with Gasteiger partial charge in [-0.05, 0) is 45.9 Å². The van der Waals surface area contributed by atoms with E-state index in [2.05, 4.69) is 5.32 Å². The number of carbonyl (C=O) groups is 2. The number of amides is 2. The number of hydrogen-bond acceptors (Lipinski definition) is 5. The van der Waals surface area contributed by atoms with Gasteiger partial charge in [0.15, 0.2) is 0 Å². The van der Waals surface area contributed by atoms with E-state index in [1.807, 2.05) is 0 Å². The minimum Gasteiger partial charge on any atom is -0.492 e. The molecule has 8 nitrogen and oxygen atoms in total.